The molecule has 0 aliphatic heterocycles. The number of benzene rings is 3. The molecule has 0 spiro atoms. The Labute approximate surface area is 161 Å². The number of nitrogens with one attached hydrogen (secondary N) is 2. The van der Waals surface area contributed by atoms with Crippen molar-refractivity contribution in [2.45, 2.75) is 6.18 Å². The molecular weight excluding hydrogens is 404 g/mol. The third-order valence-electron chi connectivity index (χ3n) is 3.72. The topological polar surface area (TPSA) is 64.2 Å². The van der Waals surface area contributed by atoms with Crippen LogP contribution >= 0.6 is 23.2 Å². The third-order valence-corrected chi connectivity index (χ3v) is 4.33. The van der Waals surface area contributed by atoms with Crippen LogP contribution in [0.15, 0.2) is 48.5 Å². The van der Waals surface area contributed by atoms with Crippen molar-refractivity contribution in [1.29, 1.82) is 0 Å². The molecule has 0 radical (unpaired) electrons. The Kier molecular flexibility index (Phi) is 5.08. The lowest BCUT2D eigenvalue weighted by molar-refractivity contribution is -0.268. The van der Waals surface area contributed by atoms with E-state index in [1.807, 2.05) is 0 Å². The quantitative estimate of drug-likeness (QED) is 0.550. The van der Waals surface area contributed by atoms with Crippen molar-refractivity contribution >= 4 is 51.4 Å². The number of halogens is 5. The third kappa shape index (κ3) is 4.20. The molecule has 0 aromatic heterocycles. The maximum Gasteiger partial charge on any atom is 0.416 e. The molecule has 0 saturated heterocycles. The lowest BCUT2D eigenvalue weighted by Gasteiger charge is -2.15. The van der Waals surface area contributed by atoms with Crippen molar-refractivity contribution in [2.75, 3.05) is 10.6 Å². The molecule has 140 valence electrons. The average Bonchev–Trinajstić information content (AvgIpc) is 2.58. The smallest absolute Gasteiger partial charge is 0.416 e. The molecule has 0 heterocycles. The Balaban J connectivity index is 1.85. The van der Waals surface area contributed by atoms with E-state index in [0.717, 1.165) is 24.3 Å². The molecule has 0 aliphatic carbocycles. The van der Waals surface area contributed by atoms with Crippen LogP contribution in [0.4, 0.5) is 29.3 Å². The van der Waals surface area contributed by atoms with Crippen molar-refractivity contribution in [3.05, 3.63) is 64.1 Å². The summed E-state index contributed by atoms with van der Waals surface area (Å²) in [6.07, 6.45) is -4.47. The second-order valence-corrected chi connectivity index (χ2v) is 6.39. The van der Waals surface area contributed by atoms with Gasteiger partial charge in [0, 0.05) is 16.5 Å². The van der Waals surface area contributed by atoms with Gasteiger partial charge in [0.1, 0.15) is 0 Å². The number of alkyl halides is 3. The first kappa shape index (κ1) is 19.1. The van der Waals surface area contributed by atoms with Gasteiger partial charge in [-0.05, 0) is 30.3 Å². The molecule has 27 heavy (non-hydrogen) atoms. The summed E-state index contributed by atoms with van der Waals surface area (Å²) in [6.45, 7) is 0. The first-order valence-electron chi connectivity index (χ1n) is 7.49. The maximum absolute atomic E-state index is 12.6. The van der Waals surface area contributed by atoms with E-state index in [-0.39, 0.29) is 22.1 Å². The van der Waals surface area contributed by atoms with Crippen LogP contribution in [0.5, 0.6) is 5.75 Å². The largest absolute Gasteiger partial charge is 0.872 e. The highest BCUT2D eigenvalue weighted by Gasteiger charge is 2.30. The van der Waals surface area contributed by atoms with Gasteiger partial charge in [-0.1, -0.05) is 41.4 Å². The number of amides is 2. The predicted octanol–water partition coefficient (Wildman–Crippen LogP) is 5.88. The Morgan fingerprint density at radius 3 is 2.19 bits per heavy atom. The Morgan fingerprint density at radius 1 is 0.889 bits per heavy atom. The van der Waals surface area contributed by atoms with Crippen LogP contribution in [0.3, 0.4) is 0 Å². The maximum atomic E-state index is 12.6. The van der Waals surface area contributed by atoms with E-state index in [2.05, 4.69) is 10.6 Å². The minimum absolute atomic E-state index is 0.112. The van der Waals surface area contributed by atoms with Gasteiger partial charge in [0.25, 0.3) is 0 Å². The molecule has 3 aromatic carbocycles. The van der Waals surface area contributed by atoms with Crippen LogP contribution in [-0.4, -0.2) is 6.03 Å². The van der Waals surface area contributed by atoms with Gasteiger partial charge in [0.15, 0.2) is 0 Å². The number of anilines is 2. The summed E-state index contributed by atoms with van der Waals surface area (Å²) in [5.41, 5.74) is -0.513. The molecule has 3 aromatic rings. The monoisotopic (exact) mass is 413 g/mol. The van der Waals surface area contributed by atoms with Gasteiger partial charge < -0.3 is 15.7 Å². The van der Waals surface area contributed by atoms with Crippen LogP contribution in [0.1, 0.15) is 5.56 Å². The summed E-state index contributed by atoms with van der Waals surface area (Å²) < 4.78 is 37.7. The zero-order valence-corrected chi connectivity index (χ0v) is 14.8. The lowest BCUT2D eigenvalue weighted by atomic mass is 10.1. The number of urea groups is 1. The van der Waals surface area contributed by atoms with Gasteiger partial charge in [0.05, 0.1) is 21.3 Å². The number of fused-ring (bicyclic) bond motifs is 1. The standard InChI is InChI=1S/C18H11Cl2F3N2O2/c19-14-8-15(20)16(13-7-11(26)5-6-12(13)14)25-17(27)24-10-3-1-9(2-4-10)18(21,22)23/h1-8,26H,(H2,24,25,27)/p-1. The van der Waals surface area contributed by atoms with E-state index < -0.39 is 17.8 Å². The molecule has 0 unspecified atom stereocenters. The van der Waals surface area contributed by atoms with E-state index in [0.29, 0.717) is 15.8 Å². The SMILES string of the molecule is O=C(Nc1ccc(C(F)(F)F)cc1)Nc1c(Cl)cc(Cl)c2ccc([O-])cc12. The number of hydrogen-bond donors (Lipinski definition) is 2. The number of rotatable bonds is 2. The average molecular weight is 414 g/mol. The van der Waals surface area contributed by atoms with Crippen molar-refractivity contribution in [3.8, 4) is 5.75 Å². The van der Waals surface area contributed by atoms with Gasteiger partial charge in [-0.3, -0.25) is 0 Å². The minimum Gasteiger partial charge on any atom is -0.872 e. The molecule has 0 bridgehead atoms. The molecule has 9 heteroatoms. The molecule has 0 atom stereocenters. The van der Waals surface area contributed by atoms with Crippen LogP contribution in [0.25, 0.3) is 10.8 Å². The summed E-state index contributed by atoms with van der Waals surface area (Å²) in [4.78, 5) is 12.2. The highest BCUT2D eigenvalue weighted by atomic mass is 35.5. The summed E-state index contributed by atoms with van der Waals surface area (Å²) in [7, 11) is 0. The number of carbonyl (C=O) groups is 1. The van der Waals surface area contributed by atoms with Crippen molar-refractivity contribution in [2.24, 2.45) is 0 Å². The predicted molar refractivity (Wildman–Crippen MR) is 97.5 cm³/mol. The van der Waals surface area contributed by atoms with Gasteiger partial charge >= 0.3 is 12.2 Å². The fourth-order valence-electron chi connectivity index (χ4n) is 2.47. The van der Waals surface area contributed by atoms with Gasteiger partial charge in [-0.25, -0.2) is 4.79 Å². The lowest BCUT2D eigenvalue weighted by Crippen LogP contribution is -2.20. The molecule has 0 saturated carbocycles. The zero-order chi connectivity index (χ0) is 19.8. The van der Waals surface area contributed by atoms with Crippen LogP contribution < -0.4 is 15.7 Å². The van der Waals surface area contributed by atoms with Crippen LogP contribution in [0, 0.1) is 0 Å². The second kappa shape index (κ2) is 7.17. The van der Waals surface area contributed by atoms with Gasteiger partial charge in [0.2, 0.25) is 0 Å². The van der Waals surface area contributed by atoms with E-state index in [9.17, 15) is 23.1 Å². The number of hydrogen-bond acceptors (Lipinski definition) is 2. The van der Waals surface area contributed by atoms with Crippen molar-refractivity contribution in [3.63, 3.8) is 0 Å². The van der Waals surface area contributed by atoms with Crippen LogP contribution in [0.2, 0.25) is 10.0 Å². The molecule has 2 amide bonds. The van der Waals surface area contributed by atoms with E-state index in [1.54, 1.807) is 0 Å². The summed E-state index contributed by atoms with van der Waals surface area (Å²) in [5, 5.41) is 17.8. The Hall–Kier alpha value is -2.64. The summed E-state index contributed by atoms with van der Waals surface area (Å²) >= 11 is 12.2. The zero-order valence-electron chi connectivity index (χ0n) is 13.3. The van der Waals surface area contributed by atoms with Gasteiger partial charge in [-0.2, -0.15) is 13.2 Å². The Morgan fingerprint density at radius 2 is 1.56 bits per heavy atom. The highest BCUT2D eigenvalue weighted by molar-refractivity contribution is 6.41. The Bertz CT molecular complexity index is 1020. The molecule has 4 nitrogen and oxygen atoms in total. The van der Waals surface area contributed by atoms with Crippen molar-refractivity contribution < 1.29 is 23.1 Å². The summed E-state index contributed by atoms with van der Waals surface area (Å²) in [5.74, 6) is -0.299. The molecule has 0 aliphatic rings. The first-order valence-corrected chi connectivity index (χ1v) is 8.25. The van der Waals surface area contributed by atoms with E-state index in [4.69, 9.17) is 23.2 Å². The first-order chi connectivity index (χ1) is 12.6. The second-order valence-electron chi connectivity index (χ2n) is 5.58. The highest BCUT2D eigenvalue weighted by Crippen LogP contribution is 2.37. The number of carbonyl (C=O) groups excluding carboxylic acids is 1. The molecule has 2 N–H and O–H groups in total. The van der Waals surface area contributed by atoms with Crippen molar-refractivity contribution in [1.82, 2.24) is 0 Å². The van der Waals surface area contributed by atoms with Gasteiger partial charge in [-0.15, -0.1) is 5.75 Å². The fourth-order valence-corrected chi connectivity index (χ4v) is 3.06. The summed E-state index contributed by atoms with van der Waals surface area (Å²) in [6, 6.07) is 8.75. The molecular formula is C18H10Cl2F3N2O2-. The minimum atomic E-state index is -4.47. The molecule has 3 rings (SSSR count). The van der Waals surface area contributed by atoms with E-state index >= 15 is 0 Å². The fraction of sp³-hybridized carbons (Fsp3) is 0.0556. The molecule has 0 fully saturated rings. The van der Waals surface area contributed by atoms with Crippen LogP contribution in [-0.2, 0) is 6.18 Å². The van der Waals surface area contributed by atoms with E-state index in [1.165, 1.54) is 24.3 Å². The normalized spacial score (nSPS) is 11.4.